The van der Waals surface area contributed by atoms with Crippen LogP contribution in [0.25, 0.3) is 11.3 Å². The number of nitrogen functional groups attached to an aromatic ring is 1. The van der Waals surface area contributed by atoms with E-state index in [1.54, 1.807) is 18.2 Å². The second-order valence-corrected chi connectivity index (χ2v) is 3.50. The number of amides is 1. The number of carbonyl (C=O) groups is 1. The van der Waals surface area contributed by atoms with Gasteiger partial charge in [0.1, 0.15) is 0 Å². The molecule has 1 heterocycles. The van der Waals surface area contributed by atoms with E-state index in [0.717, 1.165) is 5.56 Å². The molecule has 1 aromatic carbocycles. The van der Waals surface area contributed by atoms with Gasteiger partial charge in [-0.05, 0) is 19.1 Å². The van der Waals surface area contributed by atoms with Crippen LogP contribution in [0.5, 0.6) is 0 Å². The molecule has 0 saturated heterocycles. The highest BCUT2D eigenvalue weighted by molar-refractivity contribution is 5.95. The summed E-state index contributed by atoms with van der Waals surface area (Å²) >= 11 is 0. The molecule has 0 aliphatic rings. The van der Waals surface area contributed by atoms with Crippen molar-refractivity contribution in [3.8, 4) is 11.3 Å². The van der Waals surface area contributed by atoms with Gasteiger partial charge in [0, 0.05) is 17.7 Å². The number of hydrogen-bond donors (Lipinski definition) is 2. The van der Waals surface area contributed by atoms with Crippen LogP contribution < -0.4 is 11.1 Å². The molecular formula is C12H13N3O2. The summed E-state index contributed by atoms with van der Waals surface area (Å²) in [7, 11) is 0. The Balaban J connectivity index is 2.31. The molecule has 0 aliphatic carbocycles. The molecule has 0 fully saturated rings. The van der Waals surface area contributed by atoms with Gasteiger partial charge in [-0.1, -0.05) is 12.1 Å². The van der Waals surface area contributed by atoms with E-state index in [-0.39, 0.29) is 11.9 Å². The van der Waals surface area contributed by atoms with E-state index >= 15 is 0 Å². The van der Waals surface area contributed by atoms with Crippen molar-refractivity contribution in [2.45, 2.75) is 6.92 Å². The van der Waals surface area contributed by atoms with E-state index < -0.39 is 0 Å². The summed E-state index contributed by atoms with van der Waals surface area (Å²) in [6, 6.07) is 7.23. The van der Waals surface area contributed by atoms with Crippen molar-refractivity contribution in [3.05, 3.63) is 36.0 Å². The van der Waals surface area contributed by atoms with Gasteiger partial charge in [0.25, 0.3) is 11.9 Å². The number of nitrogens with zero attached hydrogens (tertiary/aromatic N) is 1. The Hall–Kier alpha value is -2.30. The highest BCUT2D eigenvalue weighted by atomic mass is 16.4. The number of benzene rings is 1. The van der Waals surface area contributed by atoms with Crippen LogP contribution in [0.2, 0.25) is 0 Å². The fraction of sp³-hybridized carbons (Fsp3) is 0.167. The van der Waals surface area contributed by atoms with Crippen molar-refractivity contribution >= 4 is 11.9 Å². The summed E-state index contributed by atoms with van der Waals surface area (Å²) in [6.07, 6.45) is 1.53. The number of oxazole rings is 1. The molecule has 17 heavy (non-hydrogen) atoms. The van der Waals surface area contributed by atoms with Gasteiger partial charge in [-0.25, -0.2) is 4.98 Å². The van der Waals surface area contributed by atoms with Crippen LogP contribution in [-0.4, -0.2) is 17.4 Å². The predicted molar refractivity (Wildman–Crippen MR) is 64.4 cm³/mol. The minimum atomic E-state index is -0.109. The van der Waals surface area contributed by atoms with Gasteiger partial charge in [-0.3, -0.25) is 4.79 Å². The Morgan fingerprint density at radius 3 is 3.00 bits per heavy atom. The second kappa shape index (κ2) is 4.69. The molecule has 1 aromatic heterocycles. The summed E-state index contributed by atoms with van der Waals surface area (Å²) in [5.74, 6) is 0.440. The maximum absolute atomic E-state index is 11.7. The lowest BCUT2D eigenvalue weighted by Gasteiger charge is -2.03. The zero-order valence-corrected chi connectivity index (χ0v) is 9.43. The smallest absolute Gasteiger partial charge is 0.292 e. The normalized spacial score (nSPS) is 10.2. The number of anilines is 1. The lowest BCUT2D eigenvalue weighted by atomic mass is 10.1. The number of nitrogens with one attached hydrogen (secondary N) is 1. The Kier molecular flexibility index (Phi) is 3.09. The molecule has 0 radical (unpaired) electrons. The maximum atomic E-state index is 11.7. The zero-order valence-electron chi connectivity index (χ0n) is 9.43. The highest BCUT2D eigenvalue weighted by Gasteiger charge is 2.08. The first-order valence-electron chi connectivity index (χ1n) is 5.30. The van der Waals surface area contributed by atoms with E-state index in [0.29, 0.717) is 17.9 Å². The van der Waals surface area contributed by atoms with Crippen molar-refractivity contribution in [1.82, 2.24) is 10.3 Å². The van der Waals surface area contributed by atoms with Crippen molar-refractivity contribution in [2.24, 2.45) is 0 Å². The first-order chi connectivity index (χ1) is 8.20. The molecule has 0 bridgehead atoms. The first-order valence-corrected chi connectivity index (χ1v) is 5.30. The summed E-state index contributed by atoms with van der Waals surface area (Å²) < 4.78 is 5.20. The molecule has 5 heteroatoms. The third-order valence-corrected chi connectivity index (χ3v) is 2.27. The molecule has 0 spiro atoms. The minimum absolute atomic E-state index is 0.109. The molecule has 0 unspecified atom stereocenters. The third-order valence-electron chi connectivity index (χ3n) is 2.27. The molecule has 0 saturated carbocycles. The van der Waals surface area contributed by atoms with Crippen LogP contribution in [0.3, 0.4) is 0 Å². The van der Waals surface area contributed by atoms with Crippen LogP contribution in [0.4, 0.5) is 6.01 Å². The minimum Gasteiger partial charge on any atom is -0.424 e. The number of hydrogen-bond acceptors (Lipinski definition) is 4. The van der Waals surface area contributed by atoms with Crippen LogP contribution in [-0.2, 0) is 0 Å². The Morgan fingerprint density at radius 2 is 2.35 bits per heavy atom. The van der Waals surface area contributed by atoms with Gasteiger partial charge in [-0.2, -0.15) is 0 Å². The quantitative estimate of drug-likeness (QED) is 0.842. The van der Waals surface area contributed by atoms with Crippen molar-refractivity contribution in [2.75, 3.05) is 12.3 Å². The number of nitrogens with two attached hydrogens (primary N) is 1. The second-order valence-electron chi connectivity index (χ2n) is 3.50. The van der Waals surface area contributed by atoms with Crippen molar-refractivity contribution in [1.29, 1.82) is 0 Å². The molecule has 0 atom stereocenters. The fourth-order valence-corrected chi connectivity index (χ4v) is 1.50. The van der Waals surface area contributed by atoms with Gasteiger partial charge < -0.3 is 15.5 Å². The monoisotopic (exact) mass is 231 g/mol. The van der Waals surface area contributed by atoms with Gasteiger partial charge in [-0.15, -0.1) is 0 Å². The summed E-state index contributed by atoms with van der Waals surface area (Å²) in [5, 5.41) is 2.74. The fourth-order valence-electron chi connectivity index (χ4n) is 1.50. The van der Waals surface area contributed by atoms with Gasteiger partial charge >= 0.3 is 0 Å². The van der Waals surface area contributed by atoms with E-state index in [4.69, 9.17) is 10.2 Å². The molecule has 3 N–H and O–H groups in total. The Labute approximate surface area is 98.6 Å². The zero-order chi connectivity index (χ0) is 12.3. The lowest BCUT2D eigenvalue weighted by Crippen LogP contribution is -2.22. The topological polar surface area (TPSA) is 81.2 Å². The van der Waals surface area contributed by atoms with Gasteiger partial charge in [0.2, 0.25) is 0 Å². The Bertz CT molecular complexity index is 534. The van der Waals surface area contributed by atoms with E-state index in [1.807, 2.05) is 13.0 Å². The largest absolute Gasteiger partial charge is 0.424 e. The summed E-state index contributed by atoms with van der Waals surface area (Å²) in [6.45, 7) is 2.47. The number of aromatic nitrogens is 1. The molecule has 2 aromatic rings. The van der Waals surface area contributed by atoms with E-state index in [9.17, 15) is 4.79 Å². The molecule has 5 nitrogen and oxygen atoms in total. The molecule has 1 amide bonds. The molecule has 0 aliphatic heterocycles. The van der Waals surface area contributed by atoms with Gasteiger partial charge in [0.05, 0.1) is 6.20 Å². The number of rotatable bonds is 3. The van der Waals surface area contributed by atoms with Crippen molar-refractivity contribution in [3.63, 3.8) is 0 Å². The maximum Gasteiger partial charge on any atom is 0.292 e. The standard InChI is InChI=1S/C12H13N3O2/c1-2-14-11(16)9-5-3-4-8(6-9)10-7-15-12(13)17-10/h3-7H,2H2,1H3,(H2,13,15)(H,14,16). The number of carbonyl (C=O) groups excluding carboxylic acids is 1. The Morgan fingerprint density at radius 1 is 1.53 bits per heavy atom. The van der Waals surface area contributed by atoms with Crippen molar-refractivity contribution < 1.29 is 9.21 Å². The summed E-state index contributed by atoms with van der Waals surface area (Å²) in [4.78, 5) is 15.5. The average molecular weight is 231 g/mol. The van der Waals surface area contributed by atoms with E-state index in [2.05, 4.69) is 10.3 Å². The summed E-state index contributed by atoms with van der Waals surface area (Å²) in [5.41, 5.74) is 6.76. The molecule has 2 rings (SSSR count). The van der Waals surface area contributed by atoms with Crippen LogP contribution in [0, 0.1) is 0 Å². The SMILES string of the molecule is CCNC(=O)c1cccc(-c2cnc(N)o2)c1. The van der Waals surface area contributed by atoms with E-state index in [1.165, 1.54) is 6.20 Å². The van der Waals surface area contributed by atoms with Crippen LogP contribution in [0.1, 0.15) is 17.3 Å². The first kappa shape index (κ1) is 11.2. The average Bonchev–Trinajstić information content (AvgIpc) is 2.76. The molecule has 88 valence electrons. The van der Waals surface area contributed by atoms with Gasteiger partial charge in [0.15, 0.2) is 5.76 Å². The highest BCUT2D eigenvalue weighted by Crippen LogP contribution is 2.22. The molecular weight excluding hydrogens is 218 g/mol. The predicted octanol–water partition coefficient (Wildman–Crippen LogP) is 1.67. The third kappa shape index (κ3) is 2.44. The van der Waals surface area contributed by atoms with Crippen LogP contribution >= 0.6 is 0 Å². The lowest BCUT2D eigenvalue weighted by molar-refractivity contribution is 0.0956. The van der Waals surface area contributed by atoms with Crippen LogP contribution in [0.15, 0.2) is 34.9 Å².